The molecule has 0 aromatic carbocycles. The van der Waals surface area contributed by atoms with Crippen molar-refractivity contribution in [1.29, 1.82) is 0 Å². The third kappa shape index (κ3) is 4.69. The average Bonchev–Trinajstić information content (AvgIpc) is 3.16. The highest BCUT2D eigenvalue weighted by molar-refractivity contribution is 7.92. The van der Waals surface area contributed by atoms with Crippen LogP contribution in [0.15, 0.2) is 12.3 Å². The first-order valence-electron chi connectivity index (χ1n) is 11.1. The van der Waals surface area contributed by atoms with Crippen molar-refractivity contribution in [1.82, 2.24) is 15.6 Å². The second-order valence-corrected chi connectivity index (χ2v) is 11.1. The second kappa shape index (κ2) is 8.70. The van der Waals surface area contributed by atoms with E-state index in [-0.39, 0.29) is 35.9 Å². The first-order chi connectivity index (χ1) is 15.4. The lowest BCUT2D eigenvalue weighted by Crippen LogP contribution is -2.57. The molecule has 1 aromatic rings. The van der Waals surface area contributed by atoms with E-state index in [1.54, 1.807) is 6.92 Å². The first-order valence-corrected chi connectivity index (χ1v) is 12.9. The largest absolute Gasteiger partial charge is 0.417 e. The lowest BCUT2D eigenvalue weighted by atomic mass is 9.77. The maximum absolute atomic E-state index is 13.4. The Hall–Kier alpha value is -1.92. The van der Waals surface area contributed by atoms with Gasteiger partial charge in [-0.2, -0.15) is 13.2 Å². The third-order valence-corrected chi connectivity index (χ3v) is 8.33. The van der Waals surface area contributed by atoms with Crippen LogP contribution < -0.4 is 14.9 Å². The first kappa shape index (κ1) is 24.2. The van der Waals surface area contributed by atoms with Gasteiger partial charge in [0.05, 0.1) is 23.3 Å². The van der Waals surface area contributed by atoms with Crippen LogP contribution in [0.5, 0.6) is 0 Å². The van der Waals surface area contributed by atoms with Crippen LogP contribution in [-0.4, -0.2) is 56.9 Å². The summed E-state index contributed by atoms with van der Waals surface area (Å²) in [6.07, 6.45) is 0.337. The quantitative estimate of drug-likeness (QED) is 0.674. The van der Waals surface area contributed by atoms with Gasteiger partial charge in [0, 0.05) is 43.6 Å². The van der Waals surface area contributed by atoms with Gasteiger partial charge in [-0.25, -0.2) is 17.7 Å². The van der Waals surface area contributed by atoms with E-state index in [2.05, 4.69) is 15.6 Å². The van der Waals surface area contributed by atoms with E-state index in [9.17, 15) is 26.4 Å². The van der Waals surface area contributed by atoms with Crippen molar-refractivity contribution in [2.24, 2.45) is 5.41 Å². The minimum Gasteiger partial charge on any atom is -0.381 e. The number of carbonyl (C=O) groups is 1. The minimum absolute atomic E-state index is 0.0141. The molecule has 12 heteroatoms. The number of halogens is 3. The van der Waals surface area contributed by atoms with E-state index in [0.717, 1.165) is 29.5 Å². The lowest BCUT2D eigenvalue weighted by Gasteiger charge is -2.43. The number of carbonyl (C=O) groups excluding carboxylic acids is 1. The molecule has 1 aliphatic carbocycles. The summed E-state index contributed by atoms with van der Waals surface area (Å²) in [6, 6.07) is 0.342. The minimum atomic E-state index is -4.63. The number of hydrogen-bond acceptors (Lipinski definition) is 6. The number of fused-ring (bicyclic) bond motifs is 1. The Bertz CT molecular complexity index is 1010. The molecule has 8 nitrogen and oxygen atoms in total. The summed E-state index contributed by atoms with van der Waals surface area (Å²) in [4.78, 5) is 17.3. The van der Waals surface area contributed by atoms with Crippen LogP contribution in [0.3, 0.4) is 0 Å². The van der Waals surface area contributed by atoms with Crippen molar-refractivity contribution in [2.75, 3.05) is 23.8 Å². The highest BCUT2D eigenvalue weighted by atomic mass is 32.2. The summed E-state index contributed by atoms with van der Waals surface area (Å²) >= 11 is 0. The predicted molar refractivity (Wildman–Crippen MR) is 115 cm³/mol. The van der Waals surface area contributed by atoms with E-state index in [4.69, 9.17) is 4.74 Å². The molecule has 2 fully saturated rings. The Morgan fingerprint density at radius 3 is 2.58 bits per heavy atom. The number of amides is 1. The number of anilines is 1. The number of nitrogens with one attached hydrogen (secondary N) is 2. The number of ether oxygens (including phenoxy) is 1. The van der Waals surface area contributed by atoms with Gasteiger partial charge in [-0.05, 0) is 45.1 Å². The summed E-state index contributed by atoms with van der Waals surface area (Å²) in [5.41, 5.74) is -2.00. The van der Waals surface area contributed by atoms with Gasteiger partial charge >= 0.3 is 6.18 Å². The van der Waals surface area contributed by atoms with E-state index >= 15 is 0 Å². The van der Waals surface area contributed by atoms with Crippen LogP contribution in [0.25, 0.3) is 0 Å². The molecular formula is C21H29F3N4O4S. The van der Waals surface area contributed by atoms with Crippen molar-refractivity contribution in [3.05, 3.63) is 23.4 Å². The van der Waals surface area contributed by atoms with Gasteiger partial charge in [0.2, 0.25) is 15.9 Å². The molecule has 1 aromatic heterocycles. The topological polar surface area (TPSA) is 101 Å². The van der Waals surface area contributed by atoms with Crippen LogP contribution in [0, 0.1) is 5.41 Å². The molecule has 1 unspecified atom stereocenters. The maximum atomic E-state index is 13.4. The Kier molecular flexibility index (Phi) is 6.38. The highest BCUT2D eigenvalue weighted by Crippen LogP contribution is 2.47. The molecule has 4 rings (SSSR count). The van der Waals surface area contributed by atoms with E-state index < -0.39 is 33.2 Å². The number of nitrogens with zero attached hydrogens (tertiary/aromatic N) is 2. The van der Waals surface area contributed by atoms with E-state index in [1.807, 2.05) is 0 Å². The van der Waals surface area contributed by atoms with E-state index in [0.29, 0.717) is 38.7 Å². The van der Waals surface area contributed by atoms with Gasteiger partial charge in [-0.3, -0.25) is 4.79 Å². The van der Waals surface area contributed by atoms with Gasteiger partial charge in [0.1, 0.15) is 5.82 Å². The van der Waals surface area contributed by atoms with Gasteiger partial charge in [0.25, 0.3) is 0 Å². The average molecular weight is 491 g/mol. The zero-order valence-corrected chi connectivity index (χ0v) is 19.4. The fraction of sp³-hybridized carbons (Fsp3) is 0.714. The summed E-state index contributed by atoms with van der Waals surface area (Å²) in [5, 5.41) is 6.36. The molecule has 33 heavy (non-hydrogen) atoms. The highest BCUT2D eigenvalue weighted by Gasteiger charge is 2.54. The molecule has 2 aliphatic heterocycles. The molecule has 3 heterocycles. The summed E-state index contributed by atoms with van der Waals surface area (Å²) < 4.78 is 71.8. The molecule has 1 saturated heterocycles. The zero-order chi connectivity index (χ0) is 24.0. The smallest absolute Gasteiger partial charge is 0.381 e. The fourth-order valence-electron chi connectivity index (χ4n) is 5.38. The number of hydrogen-bond donors (Lipinski definition) is 2. The lowest BCUT2D eigenvalue weighted by molar-refractivity contribution is -0.137. The molecular weight excluding hydrogens is 461 g/mol. The standard InChI is InChI=1S/C21H29F3N4O4S/c1-13-20(6-3-17(10-20)27-16-4-7-32-8-5-16)19(29)26-11-14-9-15(21(22,23)24)12-25-18(14)28(13)33(2,30)31/h9,12-13,16-17,27H,3-8,10-11H2,1-2H3,(H,26,29)/t13?,17-,20+/m1/s1. The maximum Gasteiger partial charge on any atom is 0.417 e. The Morgan fingerprint density at radius 1 is 1.24 bits per heavy atom. The number of rotatable bonds is 3. The SMILES string of the molecule is CC1N(S(C)(=O)=O)c2ncc(C(F)(F)F)cc2CNC(=O)[C@]12CC[C@@H](NC1CCOCC1)C2. The van der Waals surface area contributed by atoms with Crippen molar-refractivity contribution in [3.63, 3.8) is 0 Å². The van der Waals surface area contributed by atoms with Crippen LogP contribution in [0.2, 0.25) is 0 Å². The molecule has 184 valence electrons. The van der Waals surface area contributed by atoms with Crippen LogP contribution in [0.1, 0.15) is 50.2 Å². The molecule has 2 N–H and O–H groups in total. The number of pyridine rings is 1. The van der Waals surface area contributed by atoms with Gasteiger partial charge < -0.3 is 15.4 Å². The molecule has 1 saturated carbocycles. The van der Waals surface area contributed by atoms with Gasteiger partial charge in [-0.1, -0.05) is 0 Å². The Balaban J connectivity index is 1.69. The van der Waals surface area contributed by atoms with Crippen molar-refractivity contribution >= 4 is 21.7 Å². The summed E-state index contributed by atoms with van der Waals surface area (Å²) in [5.74, 6) is -0.416. The summed E-state index contributed by atoms with van der Waals surface area (Å²) in [6.45, 7) is 2.77. The molecule has 1 amide bonds. The number of aromatic nitrogens is 1. The second-order valence-electron chi connectivity index (χ2n) is 9.27. The molecule has 0 radical (unpaired) electrons. The molecule has 1 spiro atoms. The van der Waals surface area contributed by atoms with Gasteiger partial charge in [0.15, 0.2) is 0 Å². The van der Waals surface area contributed by atoms with Crippen LogP contribution >= 0.6 is 0 Å². The molecule has 0 bridgehead atoms. The van der Waals surface area contributed by atoms with Crippen molar-refractivity contribution in [3.8, 4) is 0 Å². The van der Waals surface area contributed by atoms with Crippen LogP contribution in [0.4, 0.5) is 19.0 Å². The monoisotopic (exact) mass is 490 g/mol. The molecule has 3 aliphatic rings. The van der Waals surface area contributed by atoms with Crippen LogP contribution in [-0.2, 0) is 32.3 Å². The molecule has 3 atom stereocenters. The number of sulfonamides is 1. The Morgan fingerprint density at radius 2 is 1.94 bits per heavy atom. The van der Waals surface area contributed by atoms with Crippen molar-refractivity contribution < 1.29 is 31.1 Å². The number of alkyl halides is 3. The predicted octanol–water partition coefficient (Wildman–Crippen LogP) is 2.19. The normalized spacial score (nSPS) is 29.5. The summed E-state index contributed by atoms with van der Waals surface area (Å²) in [7, 11) is -3.94. The van der Waals surface area contributed by atoms with Crippen molar-refractivity contribution in [2.45, 2.75) is 69.9 Å². The zero-order valence-electron chi connectivity index (χ0n) is 18.6. The fourth-order valence-corrected chi connectivity index (χ4v) is 6.64. The van der Waals surface area contributed by atoms with E-state index in [1.165, 1.54) is 0 Å². The van der Waals surface area contributed by atoms with Gasteiger partial charge in [-0.15, -0.1) is 0 Å². The Labute approximate surface area is 191 Å². The third-order valence-electron chi connectivity index (χ3n) is 7.12.